The third kappa shape index (κ3) is 2.44. The first kappa shape index (κ1) is 12.4. The molecular weight excluding hydrogens is 240 g/mol. The van der Waals surface area contributed by atoms with Crippen molar-refractivity contribution < 1.29 is 9.90 Å². The summed E-state index contributed by atoms with van der Waals surface area (Å²) in [7, 11) is 0. The number of hydrogen-bond acceptors (Lipinski definition) is 3. The molecule has 1 saturated heterocycles. The van der Waals surface area contributed by atoms with Crippen LogP contribution in [-0.2, 0) is 4.79 Å². The molecule has 1 amide bonds. The number of piperazine rings is 1. The van der Waals surface area contributed by atoms with E-state index in [1.54, 1.807) is 17.0 Å². The zero-order valence-corrected chi connectivity index (χ0v) is 10.3. The number of anilines is 1. The maximum Gasteiger partial charge on any atom is 0.246 e. The molecule has 1 aromatic rings. The Kier molecular flexibility index (Phi) is 3.66. The van der Waals surface area contributed by atoms with Crippen LogP contribution in [0.25, 0.3) is 0 Å². The maximum atomic E-state index is 12.1. The quantitative estimate of drug-likeness (QED) is 0.829. The van der Waals surface area contributed by atoms with Gasteiger partial charge in [0, 0.05) is 23.3 Å². The number of nitrogens with one attached hydrogen (secondary N) is 1. The monoisotopic (exact) mass is 254 g/mol. The van der Waals surface area contributed by atoms with E-state index in [1.807, 2.05) is 19.1 Å². The lowest BCUT2D eigenvalue weighted by atomic mass is 10.1. The van der Waals surface area contributed by atoms with Crippen LogP contribution in [0.5, 0.6) is 0 Å². The molecule has 1 aliphatic rings. The number of hydrogen-bond donors (Lipinski definition) is 2. The number of carbonyl (C=O) groups excluding carboxylic acids is 1. The molecule has 1 aliphatic heterocycles. The fourth-order valence-corrected chi connectivity index (χ4v) is 2.13. The second-order valence-corrected chi connectivity index (χ2v) is 4.61. The lowest BCUT2D eigenvalue weighted by Crippen LogP contribution is -2.60. The first-order valence-corrected chi connectivity index (χ1v) is 5.94. The molecule has 2 atom stereocenters. The molecule has 0 aromatic heterocycles. The van der Waals surface area contributed by atoms with Crippen molar-refractivity contribution in [2.24, 2.45) is 0 Å². The van der Waals surface area contributed by atoms with Gasteiger partial charge in [0.15, 0.2) is 0 Å². The first-order valence-electron chi connectivity index (χ1n) is 5.56. The molecule has 0 bridgehead atoms. The summed E-state index contributed by atoms with van der Waals surface area (Å²) in [4.78, 5) is 13.8. The third-order valence-electron chi connectivity index (χ3n) is 2.92. The number of aliphatic hydroxyl groups excluding tert-OH is 1. The molecular formula is C12H15ClN2O2. The molecule has 92 valence electrons. The molecule has 1 heterocycles. The number of halogens is 1. The molecule has 2 N–H and O–H groups in total. The van der Waals surface area contributed by atoms with Gasteiger partial charge >= 0.3 is 0 Å². The summed E-state index contributed by atoms with van der Waals surface area (Å²) in [6.45, 7) is 2.45. The number of amides is 1. The van der Waals surface area contributed by atoms with E-state index >= 15 is 0 Å². The molecule has 0 radical (unpaired) electrons. The van der Waals surface area contributed by atoms with E-state index in [4.69, 9.17) is 16.7 Å². The van der Waals surface area contributed by atoms with Gasteiger partial charge in [-0.1, -0.05) is 11.6 Å². The highest BCUT2D eigenvalue weighted by Crippen LogP contribution is 2.22. The molecule has 5 heteroatoms. The largest absolute Gasteiger partial charge is 0.394 e. The predicted molar refractivity (Wildman–Crippen MR) is 67.3 cm³/mol. The Bertz CT molecular complexity index is 407. The van der Waals surface area contributed by atoms with E-state index < -0.39 is 6.04 Å². The molecule has 1 fully saturated rings. The summed E-state index contributed by atoms with van der Waals surface area (Å²) < 4.78 is 0. The highest BCUT2D eigenvalue weighted by Gasteiger charge is 2.33. The standard InChI is InChI=1S/C12H15ClN2O2/c1-8-6-14-11(7-16)12(17)15(8)10-4-2-9(13)3-5-10/h2-5,8,11,14,16H,6-7H2,1H3. The number of benzene rings is 1. The molecule has 4 nitrogen and oxygen atoms in total. The lowest BCUT2D eigenvalue weighted by Gasteiger charge is -2.37. The Labute approximate surface area is 105 Å². The average molecular weight is 255 g/mol. The van der Waals surface area contributed by atoms with Crippen LogP contribution < -0.4 is 10.2 Å². The number of rotatable bonds is 2. The van der Waals surface area contributed by atoms with Gasteiger partial charge in [0.2, 0.25) is 5.91 Å². The third-order valence-corrected chi connectivity index (χ3v) is 3.18. The minimum absolute atomic E-state index is 0.0616. The molecule has 2 unspecified atom stereocenters. The van der Waals surface area contributed by atoms with Gasteiger partial charge in [-0.05, 0) is 31.2 Å². The normalized spacial score (nSPS) is 25.1. The highest BCUT2D eigenvalue weighted by atomic mass is 35.5. The van der Waals surface area contributed by atoms with Gasteiger partial charge in [0.25, 0.3) is 0 Å². The Balaban J connectivity index is 2.28. The van der Waals surface area contributed by atoms with E-state index in [9.17, 15) is 4.79 Å². The van der Waals surface area contributed by atoms with Gasteiger partial charge in [-0.15, -0.1) is 0 Å². The minimum Gasteiger partial charge on any atom is -0.394 e. The zero-order valence-electron chi connectivity index (χ0n) is 9.56. The van der Waals surface area contributed by atoms with E-state index in [0.717, 1.165) is 5.69 Å². The fraction of sp³-hybridized carbons (Fsp3) is 0.417. The van der Waals surface area contributed by atoms with Crippen LogP contribution >= 0.6 is 11.6 Å². The lowest BCUT2D eigenvalue weighted by molar-refractivity contribution is -0.123. The van der Waals surface area contributed by atoms with Crippen LogP contribution in [0, 0.1) is 0 Å². The summed E-state index contributed by atoms with van der Waals surface area (Å²) in [5, 5.41) is 12.8. The Morgan fingerprint density at radius 3 is 2.71 bits per heavy atom. The molecule has 17 heavy (non-hydrogen) atoms. The van der Waals surface area contributed by atoms with Crippen molar-refractivity contribution in [3.05, 3.63) is 29.3 Å². The first-order chi connectivity index (χ1) is 8.13. The number of aliphatic hydroxyl groups is 1. The molecule has 0 spiro atoms. The second-order valence-electron chi connectivity index (χ2n) is 4.18. The molecule has 0 aliphatic carbocycles. The highest BCUT2D eigenvalue weighted by molar-refractivity contribution is 6.30. The van der Waals surface area contributed by atoms with Gasteiger partial charge < -0.3 is 15.3 Å². The second kappa shape index (κ2) is 5.04. The molecule has 2 rings (SSSR count). The van der Waals surface area contributed by atoms with Gasteiger partial charge in [0.05, 0.1) is 6.61 Å². The van der Waals surface area contributed by atoms with E-state index in [2.05, 4.69) is 5.32 Å². The number of nitrogens with zero attached hydrogens (tertiary/aromatic N) is 1. The van der Waals surface area contributed by atoms with Gasteiger partial charge in [-0.25, -0.2) is 0 Å². The van der Waals surface area contributed by atoms with Crippen molar-refractivity contribution in [1.29, 1.82) is 0 Å². The van der Waals surface area contributed by atoms with Crippen molar-refractivity contribution in [2.45, 2.75) is 19.0 Å². The van der Waals surface area contributed by atoms with Crippen LogP contribution in [0.4, 0.5) is 5.69 Å². The summed E-state index contributed by atoms with van der Waals surface area (Å²) in [5.74, 6) is -0.103. The molecule has 1 aromatic carbocycles. The van der Waals surface area contributed by atoms with Crippen molar-refractivity contribution >= 4 is 23.2 Å². The Morgan fingerprint density at radius 1 is 1.47 bits per heavy atom. The van der Waals surface area contributed by atoms with Crippen molar-refractivity contribution in [2.75, 3.05) is 18.1 Å². The Morgan fingerprint density at radius 2 is 2.12 bits per heavy atom. The topological polar surface area (TPSA) is 52.6 Å². The number of carbonyl (C=O) groups is 1. The summed E-state index contributed by atoms with van der Waals surface area (Å²) in [6, 6.07) is 6.69. The summed E-state index contributed by atoms with van der Waals surface area (Å²) in [5.41, 5.74) is 0.812. The van der Waals surface area contributed by atoms with Crippen LogP contribution in [0.3, 0.4) is 0 Å². The Hall–Kier alpha value is -1.10. The van der Waals surface area contributed by atoms with Gasteiger partial charge in [-0.2, -0.15) is 0 Å². The van der Waals surface area contributed by atoms with E-state index in [1.165, 1.54) is 0 Å². The summed E-state index contributed by atoms with van der Waals surface area (Å²) >= 11 is 5.82. The van der Waals surface area contributed by atoms with Crippen LogP contribution in [0.2, 0.25) is 5.02 Å². The van der Waals surface area contributed by atoms with Crippen molar-refractivity contribution in [3.63, 3.8) is 0 Å². The fourth-order valence-electron chi connectivity index (χ4n) is 2.00. The predicted octanol–water partition coefficient (Wildman–Crippen LogP) is 1.03. The smallest absolute Gasteiger partial charge is 0.246 e. The van der Waals surface area contributed by atoms with Crippen molar-refractivity contribution in [1.82, 2.24) is 5.32 Å². The van der Waals surface area contributed by atoms with Crippen molar-refractivity contribution in [3.8, 4) is 0 Å². The average Bonchev–Trinajstić information content (AvgIpc) is 2.32. The van der Waals surface area contributed by atoms with Crippen LogP contribution in [0.1, 0.15) is 6.92 Å². The van der Waals surface area contributed by atoms with Gasteiger partial charge in [-0.3, -0.25) is 4.79 Å². The van der Waals surface area contributed by atoms with E-state index in [0.29, 0.717) is 11.6 Å². The zero-order chi connectivity index (χ0) is 12.4. The molecule has 0 saturated carbocycles. The maximum absolute atomic E-state index is 12.1. The minimum atomic E-state index is -0.512. The van der Waals surface area contributed by atoms with Crippen LogP contribution in [-0.4, -0.2) is 36.2 Å². The van der Waals surface area contributed by atoms with E-state index in [-0.39, 0.29) is 18.6 Å². The summed E-state index contributed by atoms with van der Waals surface area (Å²) in [6.07, 6.45) is 0. The van der Waals surface area contributed by atoms with Gasteiger partial charge in [0.1, 0.15) is 6.04 Å². The SMILES string of the molecule is CC1CNC(CO)C(=O)N1c1ccc(Cl)cc1. The van der Waals surface area contributed by atoms with Crippen LogP contribution in [0.15, 0.2) is 24.3 Å².